The zero-order valence-electron chi connectivity index (χ0n) is 10.0. The maximum Gasteiger partial charge on any atom is 0.322 e. The molecule has 1 aromatic heterocycles. The Hall–Kier alpha value is -2.51. The second kappa shape index (κ2) is 6.60. The largest absolute Gasteiger partial charge is 0.480 e. The Labute approximate surface area is 114 Å². The lowest BCUT2D eigenvalue weighted by molar-refractivity contribution is -0.137. The van der Waals surface area contributed by atoms with Crippen LogP contribution in [0.5, 0.6) is 0 Å². The normalized spacial score (nSPS) is 10.6. The van der Waals surface area contributed by atoms with E-state index in [0.717, 1.165) is 0 Å². The van der Waals surface area contributed by atoms with Gasteiger partial charge in [0, 0.05) is 6.20 Å². The van der Waals surface area contributed by atoms with Gasteiger partial charge >= 0.3 is 5.97 Å². The number of pyridine rings is 1. The molecule has 106 valence electrons. The summed E-state index contributed by atoms with van der Waals surface area (Å²) in [4.78, 5) is 24.6. The average Bonchev–Trinajstić information content (AvgIpc) is 2.43. The summed E-state index contributed by atoms with van der Waals surface area (Å²) in [5.74, 6) is -2.06. The van der Waals surface area contributed by atoms with E-state index >= 15 is 0 Å². The molecule has 1 aromatic rings. The number of carboxylic acids is 1. The van der Waals surface area contributed by atoms with E-state index in [-0.39, 0.29) is 10.6 Å². The lowest BCUT2D eigenvalue weighted by atomic mass is 10.4. The molecule has 0 aliphatic rings. The summed E-state index contributed by atoms with van der Waals surface area (Å²) in [5.41, 5.74) is -0.300. The van der Waals surface area contributed by atoms with E-state index in [2.05, 4.69) is 4.98 Å². The molecule has 0 unspecified atom stereocenters. The van der Waals surface area contributed by atoms with Crippen LogP contribution in [0.25, 0.3) is 0 Å². The van der Waals surface area contributed by atoms with Crippen molar-refractivity contribution >= 4 is 21.9 Å². The fourth-order valence-corrected chi connectivity index (χ4v) is 2.25. The van der Waals surface area contributed by atoms with Crippen molar-refractivity contribution < 1.29 is 23.1 Å². The summed E-state index contributed by atoms with van der Waals surface area (Å²) >= 11 is 0. The van der Waals surface area contributed by atoms with Crippen LogP contribution in [0.2, 0.25) is 0 Å². The number of sulfonamides is 1. The Kier molecular flexibility index (Phi) is 5.13. The summed E-state index contributed by atoms with van der Waals surface area (Å²) in [5, 5.41) is 19.1. The molecule has 1 rings (SSSR count). The molecule has 0 saturated heterocycles. The van der Waals surface area contributed by atoms with Gasteiger partial charge in [-0.15, -0.1) is 0 Å². The van der Waals surface area contributed by atoms with Crippen molar-refractivity contribution in [3.63, 3.8) is 0 Å². The van der Waals surface area contributed by atoms with E-state index in [9.17, 15) is 18.0 Å². The summed E-state index contributed by atoms with van der Waals surface area (Å²) < 4.78 is 25.7. The molecule has 20 heavy (non-hydrogen) atoms. The quantitative estimate of drug-likeness (QED) is 0.574. The van der Waals surface area contributed by atoms with Gasteiger partial charge in [0.25, 0.3) is 0 Å². The van der Waals surface area contributed by atoms with Gasteiger partial charge in [-0.2, -0.15) is 5.26 Å². The van der Waals surface area contributed by atoms with Crippen LogP contribution in [-0.2, 0) is 19.6 Å². The second-order valence-corrected chi connectivity index (χ2v) is 5.19. The summed E-state index contributed by atoms with van der Waals surface area (Å²) in [7, 11) is -4.08. The average molecular weight is 298 g/mol. The minimum Gasteiger partial charge on any atom is -0.480 e. The number of amides is 1. The van der Waals surface area contributed by atoms with E-state index in [1.807, 2.05) is 10.0 Å². The molecule has 0 aliphatic heterocycles. The van der Waals surface area contributed by atoms with Gasteiger partial charge < -0.3 is 10.4 Å². The van der Waals surface area contributed by atoms with E-state index in [1.165, 1.54) is 18.3 Å². The maximum absolute atomic E-state index is 11.9. The number of hydrogen-bond donors (Lipinski definition) is 3. The molecule has 1 amide bonds. The van der Waals surface area contributed by atoms with Crippen LogP contribution in [0.4, 0.5) is 0 Å². The molecule has 0 aromatic carbocycles. The zero-order chi connectivity index (χ0) is 15.2. The van der Waals surface area contributed by atoms with Crippen LogP contribution >= 0.6 is 0 Å². The SMILES string of the molecule is N#Cc1ncccc1S(=O)(=O)NCC(=O)NCC(=O)O. The number of nitriles is 1. The first kappa shape index (κ1) is 15.5. The minimum absolute atomic E-state index is 0.300. The smallest absolute Gasteiger partial charge is 0.322 e. The van der Waals surface area contributed by atoms with Crippen molar-refractivity contribution in [2.24, 2.45) is 0 Å². The molecule has 1 heterocycles. The Bertz CT molecular complexity index is 664. The van der Waals surface area contributed by atoms with Gasteiger partial charge in [0.2, 0.25) is 15.9 Å². The van der Waals surface area contributed by atoms with Gasteiger partial charge in [0.15, 0.2) is 5.69 Å². The van der Waals surface area contributed by atoms with Crippen LogP contribution in [0.3, 0.4) is 0 Å². The van der Waals surface area contributed by atoms with E-state index < -0.39 is 35.0 Å². The molecule has 10 heteroatoms. The van der Waals surface area contributed by atoms with Crippen LogP contribution < -0.4 is 10.0 Å². The Morgan fingerprint density at radius 1 is 1.40 bits per heavy atom. The van der Waals surface area contributed by atoms with Crippen LogP contribution in [0.1, 0.15) is 5.69 Å². The van der Waals surface area contributed by atoms with Crippen molar-refractivity contribution in [2.75, 3.05) is 13.1 Å². The van der Waals surface area contributed by atoms with Gasteiger partial charge in [-0.1, -0.05) is 0 Å². The first-order valence-corrected chi connectivity index (χ1v) is 6.68. The summed E-state index contributed by atoms with van der Waals surface area (Å²) in [6.07, 6.45) is 1.26. The van der Waals surface area contributed by atoms with Crippen LogP contribution in [0.15, 0.2) is 23.2 Å². The molecule has 0 saturated carbocycles. The van der Waals surface area contributed by atoms with E-state index in [4.69, 9.17) is 10.4 Å². The highest BCUT2D eigenvalue weighted by molar-refractivity contribution is 7.89. The predicted octanol–water partition coefficient (Wildman–Crippen LogP) is -1.57. The van der Waals surface area contributed by atoms with Gasteiger partial charge in [0.05, 0.1) is 6.54 Å². The molecule has 0 bridgehead atoms. The first-order valence-electron chi connectivity index (χ1n) is 5.20. The predicted molar refractivity (Wildman–Crippen MR) is 64.8 cm³/mol. The molecule has 0 spiro atoms. The molecule has 0 aliphatic carbocycles. The third-order valence-electron chi connectivity index (χ3n) is 2.03. The Morgan fingerprint density at radius 2 is 2.10 bits per heavy atom. The minimum atomic E-state index is -4.08. The van der Waals surface area contributed by atoms with Crippen molar-refractivity contribution in [2.45, 2.75) is 4.90 Å². The van der Waals surface area contributed by atoms with Crippen LogP contribution in [0, 0.1) is 11.3 Å². The standard InChI is InChI=1S/C10H10N4O5S/c11-4-7-8(2-1-3-12-7)20(18,19)14-5-9(15)13-6-10(16)17/h1-3,14H,5-6H2,(H,13,15)(H,16,17). The van der Waals surface area contributed by atoms with E-state index in [0.29, 0.717) is 0 Å². The maximum atomic E-state index is 11.9. The van der Waals surface area contributed by atoms with Gasteiger partial charge in [-0.05, 0) is 12.1 Å². The number of nitrogens with zero attached hydrogens (tertiary/aromatic N) is 2. The lowest BCUT2D eigenvalue weighted by Gasteiger charge is -2.07. The van der Waals surface area contributed by atoms with Gasteiger partial charge in [0.1, 0.15) is 17.5 Å². The molecular formula is C10H10N4O5S. The Morgan fingerprint density at radius 3 is 2.70 bits per heavy atom. The zero-order valence-corrected chi connectivity index (χ0v) is 10.8. The van der Waals surface area contributed by atoms with E-state index in [1.54, 1.807) is 6.07 Å². The number of rotatable bonds is 6. The number of carbonyl (C=O) groups excluding carboxylic acids is 1. The summed E-state index contributed by atoms with van der Waals surface area (Å²) in [6, 6.07) is 4.12. The molecule has 0 atom stereocenters. The highest BCUT2D eigenvalue weighted by Gasteiger charge is 2.20. The molecular weight excluding hydrogens is 288 g/mol. The van der Waals surface area contributed by atoms with Gasteiger partial charge in [-0.25, -0.2) is 18.1 Å². The highest BCUT2D eigenvalue weighted by Crippen LogP contribution is 2.11. The monoisotopic (exact) mass is 298 g/mol. The Balaban J connectivity index is 2.74. The molecule has 9 nitrogen and oxygen atoms in total. The number of carbonyl (C=O) groups is 2. The number of aliphatic carboxylic acids is 1. The molecule has 0 fully saturated rings. The number of hydrogen-bond acceptors (Lipinski definition) is 6. The first-order chi connectivity index (χ1) is 9.36. The van der Waals surface area contributed by atoms with Crippen LogP contribution in [-0.4, -0.2) is 43.5 Å². The highest BCUT2D eigenvalue weighted by atomic mass is 32.2. The summed E-state index contributed by atoms with van der Waals surface area (Å²) in [6.45, 7) is -1.26. The molecule has 0 radical (unpaired) electrons. The molecule has 3 N–H and O–H groups in total. The number of carboxylic acid groups (broad SMARTS) is 1. The van der Waals surface area contributed by atoms with Crippen molar-refractivity contribution in [3.8, 4) is 6.07 Å². The number of aromatic nitrogens is 1. The fourth-order valence-electron chi connectivity index (χ4n) is 1.17. The fraction of sp³-hybridized carbons (Fsp3) is 0.200. The van der Waals surface area contributed by atoms with Gasteiger partial charge in [-0.3, -0.25) is 9.59 Å². The van der Waals surface area contributed by atoms with Crippen molar-refractivity contribution in [1.82, 2.24) is 15.0 Å². The topological polar surface area (TPSA) is 149 Å². The van der Waals surface area contributed by atoms with Crippen molar-refractivity contribution in [3.05, 3.63) is 24.0 Å². The third kappa shape index (κ3) is 4.30. The third-order valence-corrected chi connectivity index (χ3v) is 3.46. The number of nitrogens with one attached hydrogen (secondary N) is 2. The van der Waals surface area contributed by atoms with Crippen molar-refractivity contribution in [1.29, 1.82) is 5.26 Å². The second-order valence-electron chi connectivity index (χ2n) is 3.46. The lowest BCUT2D eigenvalue weighted by Crippen LogP contribution is -2.39.